The van der Waals surface area contributed by atoms with Crippen LogP contribution in [0, 0.1) is 5.92 Å². The van der Waals surface area contributed by atoms with Crippen LogP contribution in [-0.2, 0) is 16.4 Å². The topological polar surface area (TPSA) is 57.7 Å². The molecule has 0 spiro atoms. The second-order valence-electron chi connectivity index (χ2n) is 8.03. The number of nitrogens with zero attached hydrogens (tertiary/aromatic N) is 2. The van der Waals surface area contributed by atoms with Crippen LogP contribution >= 0.6 is 0 Å². The molecule has 6 heteroatoms. The number of anilines is 1. The summed E-state index contributed by atoms with van der Waals surface area (Å²) in [5, 5.41) is 0. The van der Waals surface area contributed by atoms with Gasteiger partial charge in [-0.3, -0.25) is 9.10 Å². The van der Waals surface area contributed by atoms with Crippen LogP contribution in [0.4, 0.5) is 5.69 Å². The fourth-order valence-electron chi connectivity index (χ4n) is 4.01. The first-order valence-corrected chi connectivity index (χ1v) is 11.9. The van der Waals surface area contributed by atoms with Crippen molar-refractivity contribution in [1.82, 2.24) is 4.90 Å². The highest BCUT2D eigenvalue weighted by Crippen LogP contribution is 2.33. The van der Waals surface area contributed by atoms with Crippen molar-refractivity contribution in [2.24, 2.45) is 5.92 Å². The Balaban J connectivity index is 1.63. The van der Waals surface area contributed by atoms with E-state index in [1.165, 1.54) is 17.1 Å². The minimum Gasteiger partial charge on any atom is -0.338 e. The lowest BCUT2D eigenvalue weighted by atomic mass is 10.0. The minimum atomic E-state index is -3.72. The predicted octanol–water partition coefficient (Wildman–Crippen LogP) is 4.09. The van der Waals surface area contributed by atoms with Gasteiger partial charge < -0.3 is 4.90 Å². The van der Waals surface area contributed by atoms with Gasteiger partial charge in [-0.1, -0.05) is 31.2 Å². The molecule has 0 bridgehead atoms. The van der Waals surface area contributed by atoms with E-state index in [4.69, 9.17) is 0 Å². The van der Waals surface area contributed by atoms with Gasteiger partial charge in [0.25, 0.3) is 15.9 Å². The number of sulfonamides is 1. The zero-order valence-electron chi connectivity index (χ0n) is 16.9. The van der Waals surface area contributed by atoms with Crippen LogP contribution in [-0.4, -0.2) is 38.9 Å². The molecule has 2 aliphatic rings. The van der Waals surface area contributed by atoms with Gasteiger partial charge in [-0.05, 0) is 67.9 Å². The van der Waals surface area contributed by atoms with Gasteiger partial charge in [0.05, 0.1) is 10.6 Å². The molecule has 0 saturated heterocycles. The molecule has 1 fully saturated rings. The Bertz CT molecular complexity index is 999. The van der Waals surface area contributed by atoms with Gasteiger partial charge >= 0.3 is 0 Å². The van der Waals surface area contributed by atoms with E-state index in [0.29, 0.717) is 24.6 Å². The van der Waals surface area contributed by atoms with Crippen molar-refractivity contribution in [3.63, 3.8) is 0 Å². The van der Waals surface area contributed by atoms with E-state index in [0.717, 1.165) is 37.1 Å². The van der Waals surface area contributed by atoms with Crippen LogP contribution in [0.1, 0.15) is 48.5 Å². The van der Waals surface area contributed by atoms with Crippen LogP contribution in [0.3, 0.4) is 0 Å². The molecule has 1 amide bonds. The van der Waals surface area contributed by atoms with Gasteiger partial charge in [-0.15, -0.1) is 0 Å². The molecule has 0 N–H and O–H groups in total. The Morgan fingerprint density at radius 3 is 2.69 bits per heavy atom. The molecule has 0 unspecified atom stereocenters. The summed E-state index contributed by atoms with van der Waals surface area (Å²) in [7, 11) is -3.72. The predicted molar refractivity (Wildman–Crippen MR) is 115 cm³/mol. The molecule has 154 valence electrons. The Labute approximate surface area is 173 Å². The molecule has 0 atom stereocenters. The molecule has 1 saturated carbocycles. The molecule has 5 nitrogen and oxygen atoms in total. The van der Waals surface area contributed by atoms with Crippen molar-refractivity contribution in [3.05, 3.63) is 59.7 Å². The summed E-state index contributed by atoms with van der Waals surface area (Å²) in [5.74, 6) is 0.525. The number of rotatable bonds is 7. The molecule has 1 aliphatic carbocycles. The second-order valence-corrected chi connectivity index (χ2v) is 9.89. The quantitative estimate of drug-likeness (QED) is 0.688. The monoisotopic (exact) mass is 412 g/mol. The summed E-state index contributed by atoms with van der Waals surface area (Å²) in [6.07, 6.45) is 4.92. The van der Waals surface area contributed by atoms with Gasteiger partial charge in [0.1, 0.15) is 0 Å². The Kier molecular flexibility index (Phi) is 5.63. The number of hydrogen-bond acceptors (Lipinski definition) is 3. The Morgan fingerprint density at radius 2 is 1.93 bits per heavy atom. The minimum absolute atomic E-state index is 0.0742. The zero-order chi connectivity index (χ0) is 20.4. The number of benzene rings is 2. The van der Waals surface area contributed by atoms with E-state index in [9.17, 15) is 13.2 Å². The maximum atomic E-state index is 13.4. The maximum Gasteiger partial charge on any atom is 0.264 e. The Morgan fingerprint density at radius 1 is 1.14 bits per heavy atom. The maximum absolute atomic E-state index is 13.4. The number of hydrogen-bond donors (Lipinski definition) is 0. The molecule has 0 radical (unpaired) electrons. The number of aryl methyl sites for hydroxylation is 1. The summed E-state index contributed by atoms with van der Waals surface area (Å²) in [6.45, 7) is 3.98. The van der Waals surface area contributed by atoms with E-state index in [-0.39, 0.29) is 10.8 Å². The van der Waals surface area contributed by atoms with E-state index < -0.39 is 10.0 Å². The zero-order valence-corrected chi connectivity index (χ0v) is 17.7. The molecule has 2 aromatic rings. The number of amides is 1. The van der Waals surface area contributed by atoms with Crippen molar-refractivity contribution in [3.8, 4) is 0 Å². The van der Waals surface area contributed by atoms with Crippen LogP contribution in [0.15, 0.2) is 53.4 Å². The van der Waals surface area contributed by atoms with Crippen LogP contribution in [0.25, 0.3) is 0 Å². The van der Waals surface area contributed by atoms with Crippen molar-refractivity contribution in [2.45, 2.75) is 43.9 Å². The van der Waals surface area contributed by atoms with Gasteiger partial charge in [-0.25, -0.2) is 8.42 Å². The highest BCUT2D eigenvalue weighted by Gasteiger charge is 2.30. The van der Waals surface area contributed by atoms with Gasteiger partial charge in [-0.2, -0.15) is 0 Å². The molecular weight excluding hydrogens is 384 g/mol. The Hall–Kier alpha value is -2.34. The molecule has 29 heavy (non-hydrogen) atoms. The first-order chi connectivity index (χ1) is 14.0. The van der Waals surface area contributed by atoms with E-state index in [1.54, 1.807) is 24.3 Å². The summed E-state index contributed by atoms with van der Waals surface area (Å²) < 4.78 is 28.3. The first-order valence-electron chi connectivity index (χ1n) is 10.5. The van der Waals surface area contributed by atoms with E-state index >= 15 is 0 Å². The lowest BCUT2D eigenvalue weighted by Crippen LogP contribution is -2.36. The molecule has 1 aliphatic heterocycles. The third-order valence-corrected chi connectivity index (χ3v) is 7.50. The summed E-state index contributed by atoms with van der Waals surface area (Å²) in [6, 6.07) is 14.2. The van der Waals surface area contributed by atoms with Gasteiger partial charge in [0, 0.05) is 25.2 Å². The third kappa shape index (κ3) is 4.17. The third-order valence-electron chi connectivity index (χ3n) is 5.69. The SMILES string of the molecule is CCCN(CC1CC1)C(=O)c1cccc(S(=O)(=O)N2CCCc3ccccc32)c1. The molecule has 0 aromatic heterocycles. The normalized spacial score (nSPS) is 16.4. The molecular formula is C23H28N2O3S. The summed E-state index contributed by atoms with van der Waals surface area (Å²) in [5.41, 5.74) is 2.25. The second kappa shape index (κ2) is 8.19. The number of carbonyl (C=O) groups excluding carboxylic acids is 1. The highest BCUT2D eigenvalue weighted by molar-refractivity contribution is 7.92. The lowest BCUT2D eigenvalue weighted by Gasteiger charge is -2.30. The summed E-state index contributed by atoms with van der Waals surface area (Å²) in [4.78, 5) is 15.1. The van der Waals surface area contributed by atoms with Crippen molar-refractivity contribution in [1.29, 1.82) is 0 Å². The van der Waals surface area contributed by atoms with Crippen LogP contribution in [0.2, 0.25) is 0 Å². The lowest BCUT2D eigenvalue weighted by molar-refractivity contribution is 0.0747. The molecule has 2 aromatic carbocycles. The standard InChI is InChI=1S/C23H28N2O3S/c1-2-14-24(17-18-12-13-18)23(26)20-8-5-10-21(16-20)29(27,28)25-15-6-9-19-7-3-4-11-22(19)25/h3-5,7-8,10-11,16,18H,2,6,9,12-15,17H2,1H3. The van der Waals surface area contributed by atoms with E-state index in [2.05, 4.69) is 6.92 Å². The fourth-order valence-corrected chi connectivity index (χ4v) is 5.59. The average Bonchev–Trinajstić information content (AvgIpc) is 3.56. The first kappa shape index (κ1) is 20.0. The van der Waals surface area contributed by atoms with Crippen molar-refractivity contribution >= 4 is 21.6 Å². The molecule has 1 heterocycles. The van der Waals surface area contributed by atoms with Crippen LogP contribution in [0.5, 0.6) is 0 Å². The van der Waals surface area contributed by atoms with Crippen molar-refractivity contribution in [2.75, 3.05) is 23.9 Å². The summed E-state index contributed by atoms with van der Waals surface area (Å²) >= 11 is 0. The molecule has 4 rings (SSSR count). The highest BCUT2D eigenvalue weighted by atomic mass is 32.2. The number of fused-ring (bicyclic) bond motifs is 1. The van der Waals surface area contributed by atoms with Gasteiger partial charge in [0.2, 0.25) is 0 Å². The smallest absolute Gasteiger partial charge is 0.264 e. The van der Waals surface area contributed by atoms with Gasteiger partial charge in [0.15, 0.2) is 0 Å². The number of carbonyl (C=O) groups is 1. The van der Waals surface area contributed by atoms with Crippen LogP contribution < -0.4 is 4.31 Å². The average molecular weight is 413 g/mol. The van der Waals surface area contributed by atoms with E-state index in [1.807, 2.05) is 29.2 Å². The largest absolute Gasteiger partial charge is 0.338 e. The number of para-hydroxylation sites is 1. The fraction of sp³-hybridized carbons (Fsp3) is 0.435. The van der Waals surface area contributed by atoms with Crippen molar-refractivity contribution < 1.29 is 13.2 Å².